The molecule has 17 heavy (non-hydrogen) atoms. The van der Waals surface area contributed by atoms with Gasteiger partial charge >= 0.3 is 0 Å². The number of hydrogen-bond acceptors (Lipinski definition) is 3. The van der Waals surface area contributed by atoms with Gasteiger partial charge in [-0.3, -0.25) is 0 Å². The van der Waals surface area contributed by atoms with E-state index in [2.05, 4.69) is 5.16 Å². The van der Waals surface area contributed by atoms with E-state index in [4.69, 9.17) is 9.57 Å². The van der Waals surface area contributed by atoms with E-state index in [0.717, 1.165) is 5.75 Å². The number of hydrogen-bond donors (Lipinski definition) is 0. The number of oxime groups is 1. The van der Waals surface area contributed by atoms with Gasteiger partial charge in [0.1, 0.15) is 0 Å². The first kappa shape index (κ1) is 12.1. The van der Waals surface area contributed by atoms with E-state index in [1.54, 1.807) is 6.21 Å². The molecule has 2 rings (SSSR count). The molecule has 1 fully saturated rings. The molecule has 0 saturated heterocycles. The second kappa shape index (κ2) is 7.07. The van der Waals surface area contributed by atoms with E-state index in [1.807, 2.05) is 30.3 Å². The van der Waals surface area contributed by atoms with Gasteiger partial charge in [0.05, 0.1) is 18.9 Å². The Morgan fingerprint density at radius 1 is 1.12 bits per heavy atom. The van der Waals surface area contributed by atoms with Crippen molar-refractivity contribution in [3.8, 4) is 5.75 Å². The van der Waals surface area contributed by atoms with Crippen LogP contribution < -0.4 is 4.84 Å². The highest BCUT2D eigenvalue weighted by Crippen LogP contribution is 2.19. The van der Waals surface area contributed by atoms with Gasteiger partial charge < -0.3 is 9.57 Å². The van der Waals surface area contributed by atoms with Crippen LogP contribution in [0.2, 0.25) is 0 Å². The molecule has 0 amide bonds. The lowest BCUT2D eigenvalue weighted by Gasteiger charge is -2.20. The van der Waals surface area contributed by atoms with Crippen LogP contribution >= 0.6 is 0 Å². The lowest BCUT2D eigenvalue weighted by Crippen LogP contribution is -2.17. The molecule has 0 spiro atoms. The Kier molecular flexibility index (Phi) is 5.04. The molecule has 0 aliphatic heterocycles. The number of nitrogens with zero attached hydrogens (tertiary/aromatic N) is 1. The minimum atomic E-state index is 0.423. The van der Waals surface area contributed by atoms with Crippen molar-refractivity contribution in [3.63, 3.8) is 0 Å². The Hall–Kier alpha value is -1.35. The van der Waals surface area contributed by atoms with E-state index in [0.29, 0.717) is 12.7 Å². The summed E-state index contributed by atoms with van der Waals surface area (Å²) in [4.78, 5) is 5.18. The average molecular weight is 233 g/mol. The van der Waals surface area contributed by atoms with Gasteiger partial charge in [-0.25, -0.2) is 0 Å². The largest absolute Gasteiger partial charge is 0.372 e. The Morgan fingerprint density at radius 2 is 1.88 bits per heavy atom. The summed E-state index contributed by atoms with van der Waals surface area (Å²) in [5.41, 5.74) is 0. The summed E-state index contributed by atoms with van der Waals surface area (Å²) in [7, 11) is 0. The highest BCUT2D eigenvalue weighted by molar-refractivity contribution is 5.57. The molecule has 0 aromatic heterocycles. The maximum Gasteiger partial charge on any atom is 0.157 e. The van der Waals surface area contributed by atoms with Crippen molar-refractivity contribution in [3.05, 3.63) is 30.3 Å². The first-order chi connectivity index (χ1) is 8.45. The van der Waals surface area contributed by atoms with Crippen molar-refractivity contribution >= 4 is 6.21 Å². The lowest BCUT2D eigenvalue weighted by atomic mass is 9.98. The van der Waals surface area contributed by atoms with Gasteiger partial charge in [0, 0.05) is 0 Å². The average Bonchev–Trinajstić information content (AvgIpc) is 2.41. The van der Waals surface area contributed by atoms with E-state index < -0.39 is 0 Å². The van der Waals surface area contributed by atoms with E-state index in [9.17, 15) is 0 Å². The third-order valence-corrected chi connectivity index (χ3v) is 2.93. The van der Waals surface area contributed by atoms with Crippen LogP contribution in [-0.2, 0) is 4.74 Å². The number of rotatable bonds is 5. The van der Waals surface area contributed by atoms with Gasteiger partial charge in [-0.2, -0.15) is 0 Å². The predicted octanol–water partition coefficient (Wildman–Crippen LogP) is 3.40. The van der Waals surface area contributed by atoms with Crippen LogP contribution in [0.4, 0.5) is 0 Å². The second-order valence-corrected chi connectivity index (χ2v) is 4.29. The summed E-state index contributed by atoms with van der Waals surface area (Å²) in [6, 6.07) is 9.54. The van der Waals surface area contributed by atoms with Crippen molar-refractivity contribution in [1.29, 1.82) is 0 Å². The standard InChI is InChI=1S/C14H19NO2/c1-3-7-13(8-4-1)16-12-11-15-17-14-9-5-2-6-10-14/h2,5-6,9-11,13H,1,3-4,7-8,12H2/b15-11-. The Bertz CT molecular complexity index is 331. The zero-order valence-corrected chi connectivity index (χ0v) is 10.0. The molecule has 0 bridgehead atoms. The fourth-order valence-electron chi connectivity index (χ4n) is 2.02. The molecule has 1 saturated carbocycles. The summed E-state index contributed by atoms with van der Waals surface area (Å²) in [5, 5.41) is 3.88. The van der Waals surface area contributed by atoms with Crippen LogP contribution in [0, 0.1) is 0 Å². The summed E-state index contributed by atoms with van der Waals surface area (Å²) < 4.78 is 5.69. The summed E-state index contributed by atoms with van der Waals surface area (Å²) in [5.74, 6) is 0.751. The molecule has 3 heteroatoms. The van der Waals surface area contributed by atoms with Gasteiger partial charge in [0.2, 0.25) is 0 Å². The SMILES string of the molecule is C(/COC1CCCCC1)=N/Oc1ccccc1. The van der Waals surface area contributed by atoms with Crippen LogP contribution in [0.25, 0.3) is 0 Å². The molecule has 0 N–H and O–H groups in total. The van der Waals surface area contributed by atoms with Crippen LogP contribution in [0.3, 0.4) is 0 Å². The van der Waals surface area contributed by atoms with Crippen molar-refractivity contribution in [2.45, 2.75) is 38.2 Å². The van der Waals surface area contributed by atoms with Crippen molar-refractivity contribution < 1.29 is 9.57 Å². The summed E-state index contributed by atoms with van der Waals surface area (Å²) in [6.07, 6.45) is 8.42. The molecule has 0 heterocycles. The zero-order chi connectivity index (χ0) is 11.8. The van der Waals surface area contributed by atoms with Crippen molar-refractivity contribution in [1.82, 2.24) is 0 Å². The quantitative estimate of drug-likeness (QED) is 0.576. The minimum absolute atomic E-state index is 0.423. The van der Waals surface area contributed by atoms with Crippen molar-refractivity contribution in [2.24, 2.45) is 5.16 Å². The van der Waals surface area contributed by atoms with E-state index in [-0.39, 0.29) is 0 Å². The van der Waals surface area contributed by atoms with E-state index in [1.165, 1.54) is 32.1 Å². The topological polar surface area (TPSA) is 30.8 Å². The molecule has 0 atom stereocenters. The normalized spacial score (nSPS) is 17.4. The fourth-order valence-corrected chi connectivity index (χ4v) is 2.02. The Balaban J connectivity index is 1.61. The number of para-hydroxylation sites is 1. The minimum Gasteiger partial charge on any atom is -0.372 e. The zero-order valence-electron chi connectivity index (χ0n) is 10.0. The molecule has 1 aliphatic carbocycles. The number of ether oxygens (including phenoxy) is 1. The van der Waals surface area contributed by atoms with Crippen LogP contribution in [-0.4, -0.2) is 18.9 Å². The first-order valence-corrected chi connectivity index (χ1v) is 6.30. The molecular formula is C14H19NO2. The van der Waals surface area contributed by atoms with Crippen LogP contribution in [0.5, 0.6) is 5.75 Å². The second-order valence-electron chi connectivity index (χ2n) is 4.29. The molecule has 0 unspecified atom stereocenters. The van der Waals surface area contributed by atoms with Gasteiger partial charge in [-0.15, -0.1) is 0 Å². The van der Waals surface area contributed by atoms with E-state index >= 15 is 0 Å². The first-order valence-electron chi connectivity index (χ1n) is 6.30. The predicted molar refractivity (Wildman–Crippen MR) is 68.4 cm³/mol. The molecular weight excluding hydrogens is 214 g/mol. The fraction of sp³-hybridized carbons (Fsp3) is 0.500. The van der Waals surface area contributed by atoms with Gasteiger partial charge in [0.15, 0.2) is 5.75 Å². The molecule has 92 valence electrons. The maximum absolute atomic E-state index is 5.69. The van der Waals surface area contributed by atoms with Crippen LogP contribution in [0.1, 0.15) is 32.1 Å². The van der Waals surface area contributed by atoms with Crippen molar-refractivity contribution in [2.75, 3.05) is 6.61 Å². The van der Waals surface area contributed by atoms with Crippen LogP contribution in [0.15, 0.2) is 35.5 Å². The Morgan fingerprint density at radius 3 is 2.65 bits per heavy atom. The molecule has 1 aliphatic rings. The highest BCUT2D eigenvalue weighted by Gasteiger charge is 2.12. The summed E-state index contributed by atoms with van der Waals surface area (Å²) >= 11 is 0. The van der Waals surface area contributed by atoms with Gasteiger partial charge in [-0.05, 0) is 25.0 Å². The smallest absolute Gasteiger partial charge is 0.157 e. The van der Waals surface area contributed by atoms with Gasteiger partial charge in [-0.1, -0.05) is 42.6 Å². The highest BCUT2D eigenvalue weighted by atomic mass is 16.6. The Labute approximate surface area is 102 Å². The third kappa shape index (κ3) is 4.57. The monoisotopic (exact) mass is 233 g/mol. The third-order valence-electron chi connectivity index (χ3n) is 2.93. The number of benzene rings is 1. The molecule has 1 aromatic carbocycles. The molecule has 3 nitrogen and oxygen atoms in total. The van der Waals surface area contributed by atoms with Gasteiger partial charge in [0.25, 0.3) is 0 Å². The maximum atomic E-state index is 5.69. The molecule has 0 radical (unpaired) electrons. The summed E-state index contributed by atoms with van der Waals surface area (Å²) in [6.45, 7) is 0.539. The molecule has 1 aromatic rings. The lowest BCUT2D eigenvalue weighted by molar-refractivity contribution is 0.0537.